The molecule has 1 aromatic heterocycles. The van der Waals surface area contributed by atoms with Crippen molar-refractivity contribution in [3.8, 4) is 0 Å². The fourth-order valence-corrected chi connectivity index (χ4v) is 3.56. The number of hydrogen-bond donors (Lipinski definition) is 2. The highest BCUT2D eigenvalue weighted by Crippen LogP contribution is 2.30. The van der Waals surface area contributed by atoms with Gasteiger partial charge in [0.15, 0.2) is 5.13 Å². The number of fused-ring (bicyclic) bond motifs is 1. The Balaban J connectivity index is 1.82. The van der Waals surface area contributed by atoms with Gasteiger partial charge in [-0.1, -0.05) is 11.6 Å². The van der Waals surface area contributed by atoms with Crippen LogP contribution in [0.3, 0.4) is 0 Å². The lowest BCUT2D eigenvalue weighted by Gasteiger charge is -2.15. The number of carbonyl (C=O) groups excluding carboxylic acids is 1. The molecule has 0 bridgehead atoms. The Bertz CT molecular complexity index is 750. The molecule has 0 spiro atoms. The fraction of sp³-hybridized carbons (Fsp3) is 0.286. The van der Waals surface area contributed by atoms with Gasteiger partial charge in [-0.15, -0.1) is 11.3 Å². The van der Waals surface area contributed by atoms with E-state index in [2.05, 4.69) is 10.3 Å². The molecular formula is C14H12ClF2N3OS. The van der Waals surface area contributed by atoms with Crippen molar-refractivity contribution in [2.24, 2.45) is 5.73 Å². The van der Waals surface area contributed by atoms with E-state index in [-0.39, 0.29) is 11.1 Å². The maximum atomic E-state index is 13.7. The number of amides is 1. The van der Waals surface area contributed by atoms with Gasteiger partial charge in [0.1, 0.15) is 11.6 Å². The van der Waals surface area contributed by atoms with Crippen LogP contribution in [-0.4, -0.2) is 16.9 Å². The van der Waals surface area contributed by atoms with E-state index >= 15 is 0 Å². The lowest BCUT2D eigenvalue weighted by Crippen LogP contribution is -2.27. The summed E-state index contributed by atoms with van der Waals surface area (Å²) in [5.74, 6) is -2.49. The number of nitrogens with two attached hydrogens (primary N) is 1. The number of carbonyl (C=O) groups is 1. The van der Waals surface area contributed by atoms with E-state index in [4.69, 9.17) is 17.3 Å². The second kappa shape index (κ2) is 5.91. The van der Waals surface area contributed by atoms with Gasteiger partial charge >= 0.3 is 0 Å². The Morgan fingerprint density at radius 3 is 2.95 bits per heavy atom. The minimum absolute atomic E-state index is 0.0966. The quantitative estimate of drug-likeness (QED) is 0.823. The van der Waals surface area contributed by atoms with E-state index in [9.17, 15) is 13.6 Å². The molecule has 1 atom stereocenters. The van der Waals surface area contributed by atoms with Crippen molar-refractivity contribution in [2.45, 2.75) is 25.3 Å². The van der Waals surface area contributed by atoms with Gasteiger partial charge < -0.3 is 5.73 Å². The Labute approximate surface area is 134 Å². The van der Waals surface area contributed by atoms with Crippen molar-refractivity contribution in [1.29, 1.82) is 0 Å². The third-order valence-corrected chi connectivity index (χ3v) is 4.78. The summed E-state index contributed by atoms with van der Waals surface area (Å²) in [6.45, 7) is 0. The summed E-state index contributed by atoms with van der Waals surface area (Å²) >= 11 is 6.77. The summed E-state index contributed by atoms with van der Waals surface area (Å²) in [7, 11) is 0. The molecule has 3 N–H and O–H groups in total. The molecule has 22 heavy (non-hydrogen) atoms. The number of thiazole rings is 1. The molecule has 1 aromatic carbocycles. The Kier molecular flexibility index (Phi) is 4.12. The SMILES string of the molecule is N[C@H]1CCc2nc(NC(=O)c3cc(F)c(Cl)cc3F)sc2C1. The minimum Gasteiger partial charge on any atom is -0.327 e. The highest BCUT2D eigenvalue weighted by molar-refractivity contribution is 7.15. The number of nitrogens with zero attached hydrogens (tertiary/aromatic N) is 1. The zero-order valence-electron chi connectivity index (χ0n) is 11.3. The molecule has 0 radical (unpaired) electrons. The average molecular weight is 344 g/mol. The summed E-state index contributed by atoms with van der Waals surface area (Å²) in [5, 5.41) is 2.49. The zero-order chi connectivity index (χ0) is 15.9. The van der Waals surface area contributed by atoms with Crippen molar-refractivity contribution in [1.82, 2.24) is 4.98 Å². The standard InChI is InChI=1S/C14H12ClF2N3OS/c15-8-5-9(16)7(4-10(8)17)13(21)20-14-19-11-2-1-6(18)3-12(11)22-14/h4-6H,1-3,18H2,(H,19,20,21)/t6-/m0/s1. The molecule has 0 fully saturated rings. The first kappa shape index (κ1) is 15.3. The highest BCUT2D eigenvalue weighted by Gasteiger charge is 2.22. The van der Waals surface area contributed by atoms with Crippen LogP contribution < -0.4 is 11.1 Å². The largest absolute Gasteiger partial charge is 0.327 e. The van der Waals surface area contributed by atoms with Crippen molar-refractivity contribution >= 4 is 34.0 Å². The van der Waals surface area contributed by atoms with Crippen LogP contribution in [0.2, 0.25) is 5.02 Å². The molecule has 2 aromatic rings. The normalized spacial score (nSPS) is 17.2. The van der Waals surface area contributed by atoms with Crippen LogP contribution >= 0.6 is 22.9 Å². The number of nitrogens with one attached hydrogen (secondary N) is 1. The van der Waals surface area contributed by atoms with Crippen LogP contribution in [0.15, 0.2) is 12.1 Å². The lowest BCUT2D eigenvalue weighted by atomic mass is 9.99. The minimum atomic E-state index is -0.882. The van der Waals surface area contributed by atoms with E-state index in [1.54, 1.807) is 0 Å². The number of halogens is 3. The van der Waals surface area contributed by atoms with Gasteiger partial charge in [0.25, 0.3) is 5.91 Å². The fourth-order valence-electron chi connectivity index (χ4n) is 2.31. The summed E-state index contributed by atoms with van der Waals surface area (Å²) in [6, 6.07) is 1.65. The van der Waals surface area contributed by atoms with Gasteiger partial charge in [0.05, 0.1) is 16.3 Å². The van der Waals surface area contributed by atoms with E-state index in [0.717, 1.165) is 35.5 Å². The molecule has 1 heterocycles. The van der Waals surface area contributed by atoms with Crippen LogP contribution in [0.25, 0.3) is 0 Å². The zero-order valence-corrected chi connectivity index (χ0v) is 12.9. The van der Waals surface area contributed by atoms with Crippen molar-refractivity contribution in [3.05, 3.63) is 44.9 Å². The topological polar surface area (TPSA) is 68.0 Å². The number of aromatic nitrogens is 1. The first-order chi connectivity index (χ1) is 10.4. The van der Waals surface area contributed by atoms with Crippen LogP contribution in [0, 0.1) is 11.6 Å². The maximum absolute atomic E-state index is 13.7. The molecule has 4 nitrogen and oxygen atoms in total. The number of benzene rings is 1. The molecule has 0 saturated carbocycles. The number of hydrogen-bond acceptors (Lipinski definition) is 4. The van der Waals surface area contributed by atoms with Gasteiger partial charge in [0, 0.05) is 10.9 Å². The van der Waals surface area contributed by atoms with E-state index < -0.39 is 23.1 Å². The lowest BCUT2D eigenvalue weighted by molar-refractivity contribution is 0.102. The van der Waals surface area contributed by atoms with E-state index in [1.807, 2.05) is 0 Å². The maximum Gasteiger partial charge on any atom is 0.260 e. The third-order valence-electron chi connectivity index (χ3n) is 3.45. The molecule has 3 rings (SSSR count). The Morgan fingerprint density at radius 2 is 2.18 bits per heavy atom. The predicted molar refractivity (Wildman–Crippen MR) is 81.4 cm³/mol. The summed E-state index contributed by atoms with van der Waals surface area (Å²) < 4.78 is 27.1. The number of rotatable bonds is 2. The smallest absolute Gasteiger partial charge is 0.260 e. The molecule has 1 amide bonds. The summed E-state index contributed by atoms with van der Waals surface area (Å²) in [6.07, 6.45) is 2.32. The third kappa shape index (κ3) is 2.97. The molecule has 8 heteroatoms. The van der Waals surface area contributed by atoms with E-state index in [1.165, 1.54) is 11.3 Å². The average Bonchev–Trinajstić information content (AvgIpc) is 2.83. The van der Waals surface area contributed by atoms with Crippen LogP contribution in [0.4, 0.5) is 13.9 Å². The molecule has 0 saturated heterocycles. The van der Waals surface area contributed by atoms with Gasteiger partial charge in [-0.25, -0.2) is 13.8 Å². The predicted octanol–water partition coefficient (Wildman–Crippen LogP) is 3.14. The van der Waals surface area contributed by atoms with Crippen LogP contribution in [0.1, 0.15) is 27.3 Å². The van der Waals surface area contributed by atoms with Crippen LogP contribution in [0.5, 0.6) is 0 Å². The van der Waals surface area contributed by atoms with Gasteiger partial charge in [-0.3, -0.25) is 10.1 Å². The molecule has 116 valence electrons. The van der Waals surface area contributed by atoms with Gasteiger partial charge in [0.2, 0.25) is 0 Å². The Hall–Kier alpha value is -1.57. The van der Waals surface area contributed by atoms with Gasteiger partial charge in [-0.05, 0) is 31.4 Å². The molecule has 0 unspecified atom stereocenters. The Morgan fingerprint density at radius 1 is 1.41 bits per heavy atom. The van der Waals surface area contributed by atoms with Crippen molar-refractivity contribution < 1.29 is 13.6 Å². The van der Waals surface area contributed by atoms with Gasteiger partial charge in [-0.2, -0.15) is 0 Å². The highest BCUT2D eigenvalue weighted by atomic mass is 35.5. The number of aryl methyl sites for hydroxylation is 1. The van der Waals surface area contributed by atoms with E-state index in [0.29, 0.717) is 11.6 Å². The molecule has 1 aliphatic carbocycles. The number of anilines is 1. The molecule has 1 aliphatic rings. The van der Waals surface area contributed by atoms with Crippen molar-refractivity contribution in [3.63, 3.8) is 0 Å². The van der Waals surface area contributed by atoms with Crippen molar-refractivity contribution in [2.75, 3.05) is 5.32 Å². The summed E-state index contributed by atoms with van der Waals surface area (Å²) in [4.78, 5) is 17.4. The monoisotopic (exact) mass is 343 g/mol. The molecule has 0 aliphatic heterocycles. The second-order valence-corrected chi connectivity index (χ2v) is 6.58. The van der Waals surface area contributed by atoms with Crippen LogP contribution in [-0.2, 0) is 12.8 Å². The second-order valence-electron chi connectivity index (χ2n) is 5.09. The first-order valence-corrected chi connectivity index (χ1v) is 7.83. The molecular weight excluding hydrogens is 332 g/mol. The first-order valence-electron chi connectivity index (χ1n) is 6.64. The summed E-state index contributed by atoms with van der Waals surface area (Å²) in [5.41, 5.74) is 6.39.